The van der Waals surface area contributed by atoms with Crippen LogP contribution in [0.1, 0.15) is 25.3 Å². The van der Waals surface area contributed by atoms with Gasteiger partial charge in [0.15, 0.2) is 0 Å². The van der Waals surface area contributed by atoms with Crippen LogP contribution in [-0.2, 0) is 0 Å². The Morgan fingerprint density at radius 2 is 1.60 bits per heavy atom. The Kier molecular flexibility index (Phi) is 2.63. The minimum absolute atomic E-state index is 0.570. The molecule has 0 heterocycles. The minimum Gasteiger partial charge on any atom is -0.388 e. The molecule has 2 rings (SSSR count). The van der Waals surface area contributed by atoms with E-state index in [0.717, 1.165) is 0 Å². The molecule has 0 aliphatic carbocycles. The molecule has 1 N–H and O–H groups in total. The molecule has 0 amide bonds. The highest BCUT2D eigenvalue weighted by molar-refractivity contribution is 5.96. The van der Waals surface area contributed by atoms with E-state index in [1.54, 1.807) is 0 Å². The summed E-state index contributed by atoms with van der Waals surface area (Å²) in [6, 6.07) is 13.0. The van der Waals surface area contributed by atoms with Crippen molar-refractivity contribution < 1.29 is 0 Å². The van der Waals surface area contributed by atoms with Crippen LogP contribution in [0.4, 0.5) is 5.69 Å². The lowest BCUT2D eigenvalue weighted by Gasteiger charge is -2.13. The lowest BCUT2D eigenvalue weighted by atomic mass is 9.95. The average Bonchev–Trinajstić information content (AvgIpc) is 2.27. The summed E-state index contributed by atoms with van der Waals surface area (Å²) in [4.78, 5) is 0. The molecular formula is C14H17N. The van der Waals surface area contributed by atoms with Crippen LogP contribution >= 0.6 is 0 Å². The second kappa shape index (κ2) is 3.93. The summed E-state index contributed by atoms with van der Waals surface area (Å²) in [5.74, 6) is 0.570. The third-order valence-corrected chi connectivity index (χ3v) is 2.85. The summed E-state index contributed by atoms with van der Waals surface area (Å²) >= 11 is 0. The third-order valence-electron chi connectivity index (χ3n) is 2.85. The van der Waals surface area contributed by atoms with Gasteiger partial charge in [-0.05, 0) is 22.9 Å². The highest BCUT2D eigenvalue weighted by Gasteiger charge is 2.06. The van der Waals surface area contributed by atoms with Gasteiger partial charge in [-0.3, -0.25) is 0 Å². The summed E-state index contributed by atoms with van der Waals surface area (Å²) in [7, 11) is 1.97. The average molecular weight is 199 g/mol. The summed E-state index contributed by atoms with van der Waals surface area (Å²) in [6.45, 7) is 4.47. The van der Waals surface area contributed by atoms with E-state index in [4.69, 9.17) is 0 Å². The van der Waals surface area contributed by atoms with Crippen LogP contribution in [-0.4, -0.2) is 7.05 Å². The first kappa shape index (κ1) is 10.0. The first-order valence-electron chi connectivity index (χ1n) is 5.43. The molecular weight excluding hydrogens is 182 g/mol. The van der Waals surface area contributed by atoms with E-state index in [9.17, 15) is 0 Å². The Morgan fingerprint density at radius 1 is 0.933 bits per heavy atom. The largest absolute Gasteiger partial charge is 0.388 e. The lowest BCUT2D eigenvalue weighted by molar-refractivity contribution is 0.876. The maximum Gasteiger partial charge on any atom is 0.0417 e. The molecule has 0 radical (unpaired) electrons. The molecule has 1 nitrogen and oxygen atoms in total. The van der Waals surface area contributed by atoms with Crippen molar-refractivity contribution in [3.63, 3.8) is 0 Å². The summed E-state index contributed by atoms with van der Waals surface area (Å²) in [6.07, 6.45) is 0. The fourth-order valence-corrected chi connectivity index (χ4v) is 2.04. The van der Waals surface area contributed by atoms with Crippen molar-refractivity contribution in [3.8, 4) is 0 Å². The standard InChI is InChI=1S/C14H17N/c1-10(2)11-8-9-14(15-3)13-7-5-4-6-12(11)13/h4-10,15H,1-3H3. The smallest absolute Gasteiger partial charge is 0.0417 e. The zero-order chi connectivity index (χ0) is 10.8. The molecule has 78 valence electrons. The zero-order valence-corrected chi connectivity index (χ0v) is 9.54. The lowest BCUT2D eigenvalue weighted by Crippen LogP contribution is -1.94. The summed E-state index contributed by atoms with van der Waals surface area (Å²) < 4.78 is 0. The van der Waals surface area contributed by atoms with Gasteiger partial charge >= 0.3 is 0 Å². The van der Waals surface area contributed by atoms with Crippen molar-refractivity contribution in [3.05, 3.63) is 42.0 Å². The first-order valence-corrected chi connectivity index (χ1v) is 5.43. The quantitative estimate of drug-likeness (QED) is 0.770. The third kappa shape index (κ3) is 1.70. The summed E-state index contributed by atoms with van der Waals surface area (Å²) in [5.41, 5.74) is 2.62. The Labute approximate surface area is 91.1 Å². The Morgan fingerprint density at radius 3 is 2.20 bits per heavy atom. The molecule has 0 saturated carbocycles. The maximum atomic E-state index is 3.24. The predicted octanol–water partition coefficient (Wildman–Crippen LogP) is 4.00. The van der Waals surface area contributed by atoms with Crippen molar-refractivity contribution >= 4 is 16.5 Å². The van der Waals surface area contributed by atoms with Crippen molar-refractivity contribution in [1.29, 1.82) is 0 Å². The molecule has 0 spiro atoms. The van der Waals surface area contributed by atoms with E-state index >= 15 is 0 Å². The van der Waals surface area contributed by atoms with Gasteiger partial charge < -0.3 is 5.32 Å². The number of benzene rings is 2. The molecule has 0 saturated heterocycles. The fraction of sp³-hybridized carbons (Fsp3) is 0.286. The predicted molar refractivity (Wildman–Crippen MR) is 67.6 cm³/mol. The summed E-state index contributed by atoms with van der Waals surface area (Å²) in [5, 5.41) is 5.91. The Hall–Kier alpha value is -1.50. The second-order valence-corrected chi connectivity index (χ2v) is 4.15. The molecule has 2 aromatic rings. The van der Waals surface area contributed by atoms with E-state index in [2.05, 4.69) is 55.6 Å². The van der Waals surface area contributed by atoms with E-state index in [0.29, 0.717) is 5.92 Å². The van der Waals surface area contributed by atoms with Crippen molar-refractivity contribution in [2.75, 3.05) is 12.4 Å². The monoisotopic (exact) mass is 199 g/mol. The zero-order valence-electron chi connectivity index (χ0n) is 9.54. The molecule has 0 unspecified atom stereocenters. The molecule has 0 atom stereocenters. The molecule has 0 bridgehead atoms. The van der Waals surface area contributed by atoms with Crippen LogP contribution in [0, 0.1) is 0 Å². The fourth-order valence-electron chi connectivity index (χ4n) is 2.04. The van der Waals surface area contributed by atoms with Crippen LogP contribution in [0.3, 0.4) is 0 Å². The van der Waals surface area contributed by atoms with Crippen molar-refractivity contribution in [2.45, 2.75) is 19.8 Å². The van der Waals surface area contributed by atoms with Crippen LogP contribution in [0.2, 0.25) is 0 Å². The topological polar surface area (TPSA) is 12.0 Å². The second-order valence-electron chi connectivity index (χ2n) is 4.15. The number of anilines is 1. The van der Waals surface area contributed by atoms with Crippen molar-refractivity contribution in [2.24, 2.45) is 0 Å². The van der Waals surface area contributed by atoms with Gasteiger partial charge in [-0.15, -0.1) is 0 Å². The van der Waals surface area contributed by atoms with Gasteiger partial charge in [0.05, 0.1) is 0 Å². The van der Waals surface area contributed by atoms with E-state index in [1.165, 1.54) is 22.0 Å². The molecule has 15 heavy (non-hydrogen) atoms. The van der Waals surface area contributed by atoms with Gasteiger partial charge in [0.25, 0.3) is 0 Å². The van der Waals surface area contributed by atoms with Gasteiger partial charge in [-0.25, -0.2) is 0 Å². The number of nitrogens with one attached hydrogen (secondary N) is 1. The normalized spacial score (nSPS) is 10.9. The number of hydrogen-bond acceptors (Lipinski definition) is 1. The van der Waals surface area contributed by atoms with E-state index in [-0.39, 0.29) is 0 Å². The highest BCUT2D eigenvalue weighted by Crippen LogP contribution is 2.30. The highest BCUT2D eigenvalue weighted by atomic mass is 14.8. The van der Waals surface area contributed by atoms with Gasteiger partial charge in [-0.2, -0.15) is 0 Å². The van der Waals surface area contributed by atoms with Crippen LogP contribution in [0.25, 0.3) is 10.8 Å². The van der Waals surface area contributed by atoms with Gasteiger partial charge in [0.2, 0.25) is 0 Å². The number of rotatable bonds is 2. The van der Waals surface area contributed by atoms with E-state index in [1.807, 2.05) is 7.05 Å². The molecule has 0 aliphatic heterocycles. The molecule has 0 fully saturated rings. The molecule has 0 aliphatic rings. The van der Waals surface area contributed by atoms with Crippen LogP contribution in [0.5, 0.6) is 0 Å². The van der Waals surface area contributed by atoms with E-state index < -0.39 is 0 Å². The number of fused-ring (bicyclic) bond motifs is 1. The van der Waals surface area contributed by atoms with Gasteiger partial charge in [0.1, 0.15) is 0 Å². The number of hydrogen-bond donors (Lipinski definition) is 1. The van der Waals surface area contributed by atoms with Gasteiger partial charge in [-0.1, -0.05) is 44.2 Å². The molecule has 1 heteroatoms. The maximum absolute atomic E-state index is 3.24. The van der Waals surface area contributed by atoms with Gasteiger partial charge in [0, 0.05) is 18.1 Å². The van der Waals surface area contributed by atoms with Crippen LogP contribution < -0.4 is 5.32 Å². The Balaban J connectivity index is 2.77. The SMILES string of the molecule is CNc1ccc(C(C)C)c2ccccc12. The minimum atomic E-state index is 0.570. The molecule has 0 aromatic heterocycles. The van der Waals surface area contributed by atoms with Crippen molar-refractivity contribution in [1.82, 2.24) is 0 Å². The first-order chi connectivity index (χ1) is 7.24. The van der Waals surface area contributed by atoms with Crippen LogP contribution in [0.15, 0.2) is 36.4 Å². The molecule has 2 aromatic carbocycles. The Bertz CT molecular complexity index is 472.